The van der Waals surface area contributed by atoms with Gasteiger partial charge in [-0.2, -0.15) is 0 Å². The smallest absolute Gasteiger partial charge is 0.0594 e. The molecule has 1 aliphatic heterocycles. The molecule has 90 valence electrons. The van der Waals surface area contributed by atoms with Crippen LogP contribution in [0.5, 0.6) is 0 Å². The van der Waals surface area contributed by atoms with Gasteiger partial charge in [0.1, 0.15) is 0 Å². The predicted molar refractivity (Wildman–Crippen MR) is 62.1 cm³/mol. The van der Waals surface area contributed by atoms with Gasteiger partial charge in [-0.15, -0.1) is 0 Å². The minimum absolute atomic E-state index is 0.362. The fourth-order valence-electron chi connectivity index (χ4n) is 1.60. The van der Waals surface area contributed by atoms with Crippen molar-refractivity contribution in [3.63, 3.8) is 0 Å². The molecule has 1 unspecified atom stereocenters. The van der Waals surface area contributed by atoms with Gasteiger partial charge in [0.05, 0.1) is 12.7 Å². The zero-order valence-electron chi connectivity index (χ0n) is 10.3. The summed E-state index contributed by atoms with van der Waals surface area (Å²) in [5.41, 5.74) is 0. The molecule has 1 atom stereocenters. The monoisotopic (exact) mass is 215 g/mol. The number of hydrogen-bond donors (Lipinski definition) is 1. The number of ether oxygens (including phenoxy) is 2. The average molecular weight is 215 g/mol. The molecule has 1 saturated heterocycles. The Kier molecular flexibility index (Phi) is 6.22. The number of rotatable bonds is 6. The lowest BCUT2D eigenvalue weighted by molar-refractivity contribution is 0.0318. The van der Waals surface area contributed by atoms with Crippen LogP contribution in [0.4, 0.5) is 0 Å². The second-order valence-electron chi connectivity index (χ2n) is 4.66. The van der Waals surface area contributed by atoms with Gasteiger partial charge in [0, 0.05) is 25.8 Å². The molecule has 0 saturated carbocycles. The maximum Gasteiger partial charge on any atom is 0.0594 e. The molecule has 1 aliphatic rings. The summed E-state index contributed by atoms with van der Waals surface area (Å²) in [4.78, 5) is 0. The van der Waals surface area contributed by atoms with E-state index in [1.807, 2.05) is 0 Å². The summed E-state index contributed by atoms with van der Waals surface area (Å²) in [6.07, 6.45) is 2.64. The number of nitrogens with one attached hydrogen (secondary N) is 1. The molecule has 15 heavy (non-hydrogen) atoms. The van der Waals surface area contributed by atoms with E-state index in [-0.39, 0.29) is 0 Å². The molecule has 1 heterocycles. The Bertz CT molecular complexity index is 156. The van der Waals surface area contributed by atoms with Gasteiger partial charge in [-0.25, -0.2) is 0 Å². The maximum atomic E-state index is 5.70. The van der Waals surface area contributed by atoms with Crippen LogP contribution in [0.15, 0.2) is 0 Å². The third-order valence-electron chi connectivity index (χ3n) is 3.08. The molecule has 0 bridgehead atoms. The Morgan fingerprint density at radius 3 is 2.53 bits per heavy atom. The van der Waals surface area contributed by atoms with Crippen molar-refractivity contribution in [2.24, 2.45) is 5.92 Å². The van der Waals surface area contributed by atoms with Crippen LogP contribution in [0.25, 0.3) is 0 Å². The molecule has 1 rings (SSSR count). The van der Waals surface area contributed by atoms with Crippen LogP contribution in [-0.2, 0) is 9.47 Å². The zero-order chi connectivity index (χ0) is 11.1. The summed E-state index contributed by atoms with van der Waals surface area (Å²) < 4.78 is 11.0. The summed E-state index contributed by atoms with van der Waals surface area (Å²) in [7, 11) is 0. The van der Waals surface area contributed by atoms with Crippen molar-refractivity contribution in [3.8, 4) is 0 Å². The van der Waals surface area contributed by atoms with Crippen LogP contribution >= 0.6 is 0 Å². The molecule has 0 aromatic rings. The Hall–Kier alpha value is -0.120. The van der Waals surface area contributed by atoms with E-state index in [0.717, 1.165) is 39.2 Å². The molecule has 1 N–H and O–H groups in total. The lowest BCUT2D eigenvalue weighted by Gasteiger charge is -2.24. The highest BCUT2D eigenvalue weighted by Crippen LogP contribution is 2.06. The van der Waals surface area contributed by atoms with Crippen LogP contribution in [0, 0.1) is 5.92 Å². The molecular formula is C12H25NO2. The first kappa shape index (κ1) is 12.9. The van der Waals surface area contributed by atoms with Crippen molar-refractivity contribution in [2.45, 2.75) is 45.8 Å². The highest BCUT2D eigenvalue weighted by Gasteiger charge is 2.12. The summed E-state index contributed by atoms with van der Waals surface area (Å²) >= 11 is 0. The summed E-state index contributed by atoms with van der Waals surface area (Å²) in [5, 5.41) is 3.51. The van der Waals surface area contributed by atoms with Gasteiger partial charge in [0.2, 0.25) is 0 Å². The van der Waals surface area contributed by atoms with E-state index in [0.29, 0.717) is 18.1 Å². The molecule has 0 aromatic carbocycles. The molecule has 0 amide bonds. The van der Waals surface area contributed by atoms with Crippen molar-refractivity contribution >= 4 is 0 Å². The van der Waals surface area contributed by atoms with E-state index in [2.05, 4.69) is 26.1 Å². The van der Waals surface area contributed by atoms with Crippen molar-refractivity contribution < 1.29 is 9.47 Å². The summed E-state index contributed by atoms with van der Waals surface area (Å²) in [6, 6.07) is 0.636. The normalized spacial score (nSPS) is 20.8. The van der Waals surface area contributed by atoms with Crippen LogP contribution < -0.4 is 5.32 Å². The zero-order valence-corrected chi connectivity index (χ0v) is 10.3. The topological polar surface area (TPSA) is 30.5 Å². The summed E-state index contributed by atoms with van der Waals surface area (Å²) in [6.45, 7) is 10.1. The van der Waals surface area contributed by atoms with Crippen molar-refractivity contribution in [1.29, 1.82) is 0 Å². The molecule has 3 nitrogen and oxygen atoms in total. The molecule has 0 radical (unpaired) electrons. The SMILES string of the molecule is CC(C)C(C)OCCNC1CCOCC1. The fourth-order valence-corrected chi connectivity index (χ4v) is 1.60. The van der Waals surface area contributed by atoms with Gasteiger partial charge in [-0.05, 0) is 25.7 Å². The lowest BCUT2D eigenvalue weighted by Crippen LogP contribution is -2.37. The van der Waals surface area contributed by atoms with Crippen LogP contribution in [-0.4, -0.2) is 38.5 Å². The van der Waals surface area contributed by atoms with Gasteiger partial charge in [0.25, 0.3) is 0 Å². The first-order valence-electron chi connectivity index (χ1n) is 6.13. The highest BCUT2D eigenvalue weighted by molar-refractivity contribution is 4.69. The third-order valence-corrected chi connectivity index (χ3v) is 3.08. The van der Waals surface area contributed by atoms with E-state index >= 15 is 0 Å². The molecular weight excluding hydrogens is 190 g/mol. The lowest BCUT2D eigenvalue weighted by atomic mass is 10.1. The van der Waals surface area contributed by atoms with Gasteiger partial charge < -0.3 is 14.8 Å². The fraction of sp³-hybridized carbons (Fsp3) is 1.00. The first-order valence-corrected chi connectivity index (χ1v) is 6.13. The quantitative estimate of drug-likeness (QED) is 0.686. The molecule has 0 aliphatic carbocycles. The van der Waals surface area contributed by atoms with E-state index in [9.17, 15) is 0 Å². The molecule has 0 spiro atoms. The van der Waals surface area contributed by atoms with E-state index in [4.69, 9.17) is 9.47 Å². The third kappa shape index (κ3) is 5.50. The van der Waals surface area contributed by atoms with E-state index < -0.39 is 0 Å². The number of hydrogen-bond acceptors (Lipinski definition) is 3. The Morgan fingerprint density at radius 1 is 1.27 bits per heavy atom. The second kappa shape index (κ2) is 7.20. The Labute approximate surface area is 93.5 Å². The summed E-state index contributed by atoms with van der Waals surface area (Å²) in [5.74, 6) is 0.605. The molecule has 3 heteroatoms. The van der Waals surface area contributed by atoms with Crippen LogP contribution in [0.1, 0.15) is 33.6 Å². The maximum absolute atomic E-state index is 5.70. The predicted octanol–water partition coefficient (Wildman–Crippen LogP) is 1.82. The van der Waals surface area contributed by atoms with E-state index in [1.54, 1.807) is 0 Å². The van der Waals surface area contributed by atoms with Crippen molar-refractivity contribution in [3.05, 3.63) is 0 Å². The molecule has 1 fully saturated rings. The van der Waals surface area contributed by atoms with Gasteiger partial charge in [-0.3, -0.25) is 0 Å². The second-order valence-corrected chi connectivity index (χ2v) is 4.66. The Morgan fingerprint density at radius 2 is 1.93 bits per heavy atom. The van der Waals surface area contributed by atoms with Gasteiger partial charge >= 0.3 is 0 Å². The Balaban J connectivity index is 1.96. The van der Waals surface area contributed by atoms with Crippen LogP contribution in [0.2, 0.25) is 0 Å². The minimum atomic E-state index is 0.362. The van der Waals surface area contributed by atoms with E-state index in [1.165, 1.54) is 0 Å². The van der Waals surface area contributed by atoms with Gasteiger partial charge in [-0.1, -0.05) is 13.8 Å². The van der Waals surface area contributed by atoms with Gasteiger partial charge in [0.15, 0.2) is 0 Å². The average Bonchev–Trinajstić information content (AvgIpc) is 2.25. The van der Waals surface area contributed by atoms with Crippen molar-refractivity contribution in [1.82, 2.24) is 5.32 Å². The first-order chi connectivity index (χ1) is 7.20. The minimum Gasteiger partial charge on any atom is -0.381 e. The standard InChI is InChI=1S/C12H25NO2/c1-10(2)11(3)15-9-6-13-12-4-7-14-8-5-12/h10-13H,4-9H2,1-3H3. The largest absolute Gasteiger partial charge is 0.381 e. The van der Waals surface area contributed by atoms with Crippen molar-refractivity contribution in [2.75, 3.05) is 26.4 Å². The van der Waals surface area contributed by atoms with Crippen LogP contribution in [0.3, 0.4) is 0 Å². The molecule has 0 aromatic heterocycles. The highest BCUT2D eigenvalue weighted by atomic mass is 16.5.